The first kappa shape index (κ1) is 16.4. The van der Waals surface area contributed by atoms with Gasteiger partial charge in [0.25, 0.3) is 0 Å². The molecule has 0 aromatic heterocycles. The third-order valence-electron chi connectivity index (χ3n) is 4.67. The van der Waals surface area contributed by atoms with Gasteiger partial charge in [0.15, 0.2) is 0 Å². The highest BCUT2D eigenvalue weighted by molar-refractivity contribution is 6.62. The maximum Gasteiger partial charge on any atom is 0.518 e. The van der Waals surface area contributed by atoms with Crippen LogP contribution < -0.4 is 5.32 Å². The second kappa shape index (κ2) is 6.44. The van der Waals surface area contributed by atoms with Crippen molar-refractivity contribution in [2.75, 3.05) is 20.8 Å². The van der Waals surface area contributed by atoms with E-state index in [4.69, 9.17) is 13.3 Å². The third-order valence-corrected chi connectivity index (χ3v) is 8.10. The van der Waals surface area contributed by atoms with Gasteiger partial charge in [0.2, 0.25) is 0 Å². The molecule has 0 bridgehead atoms. The van der Waals surface area contributed by atoms with Crippen molar-refractivity contribution in [3.05, 3.63) is 0 Å². The average Bonchev–Trinajstić information content (AvgIpc) is 2.43. The van der Waals surface area contributed by atoms with E-state index in [2.05, 4.69) is 26.1 Å². The van der Waals surface area contributed by atoms with Crippen molar-refractivity contribution in [2.45, 2.75) is 64.1 Å². The maximum atomic E-state index is 6.34. The maximum absolute atomic E-state index is 6.34. The van der Waals surface area contributed by atoms with Gasteiger partial charge in [-0.05, 0) is 52.0 Å². The molecule has 0 aromatic rings. The highest BCUT2D eigenvalue weighted by Gasteiger charge is 2.56. The molecule has 2 fully saturated rings. The van der Waals surface area contributed by atoms with Crippen molar-refractivity contribution in [2.24, 2.45) is 11.8 Å². The average molecular weight is 302 g/mol. The summed E-state index contributed by atoms with van der Waals surface area (Å²) in [6.07, 6.45) is 6.62. The lowest BCUT2D eigenvalue weighted by Gasteiger charge is -2.48. The summed E-state index contributed by atoms with van der Waals surface area (Å²) in [5, 5.41) is 3.67. The lowest BCUT2D eigenvalue weighted by Crippen LogP contribution is -2.68. The van der Waals surface area contributed by atoms with Gasteiger partial charge in [-0.3, -0.25) is 0 Å². The predicted molar refractivity (Wildman–Crippen MR) is 82.5 cm³/mol. The number of piperidine rings is 1. The molecule has 20 heavy (non-hydrogen) atoms. The Morgan fingerprint density at radius 1 is 1.00 bits per heavy atom. The Balaban J connectivity index is 2.22. The smallest absolute Gasteiger partial charge is 0.376 e. The minimum Gasteiger partial charge on any atom is -0.376 e. The van der Waals surface area contributed by atoms with Gasteiger partial charge in [0, 0.05) is 14.2 Å². The molecule has 0 amide bonds. The molecule has 5 heteroatoms. The Kier molecular flexibility index (Phi) is 5.29. The zero-order valence-electron chi connectivity index (χ0n) is 13.7. The van der Waals surface area contributed by atoms with Crippen molar-refractivity contribution >= 4 is 8.80 Å². The lowest BCUT2D eigenvalue weighted by molar-refractivity contribution is -0.00915. The molecule has 1 saturated heterocycles. The molecule has 118 valence electrons. The van der Waals surface area contributed by atoms with Crippen LogP contribution >= 0.6 is 0 Å². The van der Waals surface area contributed by atoms with Crippen LogP contribution in [0.1, 0.15) is 52.9 Å². The van der Waals surface area contributed by atoms with Gasteiger partial charge in [-0.25, -0.2) is 0 Å². The summed E-state index contributed by atoms with van der Waals surface area (Å²) >= 11 is 0. The van der Waals surface area contributed by atoms with Gasteiger partial charge in [-0.15, -0.1) is 0 Å². The van der Waals surface area contributed by atoms with E-state index in [1.807, 2.05) is 0 Å². The summed E-state index contributed by atoms with van der Waals surface area (Å²) in [6.45, 7) is 7.29. The van der Waals surface area contributed by atoms with Crippen molar-refractivity contribution in [3.63, 3.8) is 0 Å². The predicted octanol–water partition coefficient (Wildman–Crippen LogP) is 2.74. The number of nitrogens with one attached hydrogen (secondary N) is 1. The molecule has 4 nitrogen and oxygen atoms in total. The van der Waals surface area contributed by atoms with Crippen LogP contribution in [-0.4, -0.2) is 40.8 Å². The van der Waals surface area contributed by atoms with Gasteiger partial charge in [0.05, 0.1) is 11.3 Å². The fourth-order valence-corrected chi connectivity index (χ4v) is 7.09. The number of hydrogen-bond acceptors (Lipinski definition) is 4. The molecule has 2 rings (SSSR count). The highest BCUT2D eigenvalue weighted by atomic mass is 28.4. The highest BCUT2D eigenvalue weighted by Crippen LogP contribution is 2.40. The van der Waals surface area contributed by atoms with Crippen LogP contribution in [0.4, 0.5) is 0 Å². The molecule has 1 heterocycles. The van der Waals surface area contributed by atoms with Crippen molar-refractivity contribution in [3.8, 4) is 0 Å². The Hall–Kier alpha value is 0.0569. The Morgan fingerprint density at radius 3 is 2.25 bits per heavy atom. The first-order valence-electron chi connectivity index (χ1n) is 7.96. The van der Waals surface area contributed by atoms with Gasteiger partial charge in [-0.2, -0.15) is 0 Å². The monoisotopic (exact) mass is 301 g/mol. The van der Waals surface area contributed by atoms with E-state index in [9.17, 15) is 0 Å². The van der Waals surface area contributed by atoms with Crippen molar-refractivity contribution in [1.82, 2.24) is 5.32 Å². The number of hydrogen-bond donors (Lipinski definition) is 1. The molecule has 1 aliphatic carbocycles. The van der Waals surface area contributed by atoms with Gasteiger partial charge in [0.1, 0.15) is 0 Å². The van der Waals surface area contributed by atoms with Crippen molar-refractivity contribution < 1.29 is 13.3 Å². The first-order valence-corrected chi connectivity index (χ1v) is 9.76. The normalized spacial score (nSPS) is 31.9. The molecule has 1 saturated carbocycles. The summed E-state index contributed by atoms with van der Waals surface area (Å²) in [6, 6.07) is 0. The van der Waals surface area contributed by atoms with Crippen LogP contribution in [0.5, 0.6) is 0 Å². The largest absolute Gasteiger partial charge is 0.518 e. The zero-order valence-corrected chi connectivity index (χ0v) is 14.7. The van der Waals surface area contributed by atoms with E-state index in [0.29, 0.717) is 5.92 Å². The van der Waals surface area contributed by atoms with Gasteiger partial charge in [-0.1, -0.05) is 19.3 Å². The van der Waals surface area contributed by atoms with Crippen LogP contribution in [0, 0.1) is 11.8 Å². The van der Waals surface area contributed by atoms with Gasteiger partial charge < -0.3 is 18.6 Å². The molecule has 0 radical (unpaired) electrons. The minimum atomic E-state index is -2.70. The Bertz CT molecular complexity index is 313. The minimum absolute atomic E-state index is 0.246. The van der Waals surface area contributed by atoms with Crippen LogP contribution in [0.3, 0.4) is 0 Å². The Morgan fingerprint density at radius 2 is 1.65 bits per heavy atom. The van der Waals surface area contributed by atoms with Crippen molar-refractivity contribution in [1.29, 1.82) is 0 Å². The lowest BCUT2D eigenvalue weighted by atomic mass is 9.75. The third kappa shape index (κ3) is 3.44. The molecule has 3 unspecified atom stereocenters. The quantitative estimate of drug-likeness (QED) is 0.811. The van der Waals surface area contributed by atoms with E-state index in [-0.39, 0.29) is 11.3 Å². The molecular weight excluding hydrogens is 270 g/mol. The Labute approximate surface area is 124 Å². The van der Waals surface area contributed by atoms with Crippen LogP contribution in [0.15, 0.2) is 0 Å². The summed E-state index contributed by atoms with van der Waals surface area (Å²) in [4.78, 5) is 0. The van der Waals surface area contributed by atoms with E-state index in [1.165, 1.54) is 32.1 Å². The number of rotatable bonds is 4. The summed E-state index contributed by atoms with van der Waals surface area (Å²) in [7, 11) is 0.794. The van der Waals surface area contributed by atoms with E-state index in [0.717, 1.165) is 12.5 Å². The second-order valence-corrected chi connectivity index (χ2v) is 10.0. The zero-order chi connectivity index (χ0) is 14.8. The molecule has 1 N–H and O–H groups in total. The molecular formula is C15H31NO3Si. The molecule has 1 aliphatic heterocycles. The van der Waals surface area contributed by atoms with Crippen LogP contribution in [-0.2, 0) is 13.3 Å². The summed E-state index contributed by atoms with van der Waals surface area (Å²) < 4.78 is 18.1. The van der Waals surface area contributed by atoms with E-state index < -0.39 is 8.80 Å². The fraction of sp³-hybridized carbons (Fsp3) is 1.00. The molecule has 0 spiro atoms. The second-order valence-electron chi connectivity index (χ2n) is 7.16. The standard InChI is InChI=1S/C15H31NO3Si/c1-15(2,3)19-20(17-4,18-5)14-13-9-7-6-8-12(13)10-11-16-14/h12-14,16H,6-11H2,1-5H3. The topological polar surface area (TPSA) is 39.7 Å². The van der Waals surface area contributed by atoms with Gasteiger partial charge >= 0.3 is 8.80 Å². The van der Waals surface area contributed by atoms with E-state index >= 15 is 0 Å². The molecule has 2 aliphatic rings. The number of fused-ring (bicyclic) bond motifs is 1. The SMILES string of the molecule is CO[Si](OC)(OC(C)(C)C)C1NCCC2CCCCC21. The summed E-state index contributed by atoms with van der Waals surface area (Å²) in [5.41, 5.74) is -0.00239. The van der Waals surface area contributed by atoms with Crippen LogP contribution in [0.2, 0.25) is 0 Å². The molecule has 0 aromatic carbocycles. The summed E-state index contributed by atoms with van der Waals surface area (Å²) in [5.74, 6) is 1.46. The molecule has 3 atom stereocenters. The first-order chi connectivity index (χ1) is 9.42. The fourth-order valence-electron chi connectivity index (χ4n) is 3.91. The van der Waals surface area contributed by atoms with E-state index in [1.54, 1.807) is 14.2 Å². The van der Waals surface area contributed by atoms with Crippen LogP contribution in [0.25, 0.3) is 0 Å².